The van der Waals surface area contributed by atoms with Gasteiger partial charge in [0.1, 0.15) is 0 Å². The average molecular weight is 270 g/mol. The molecule has 0 saturated heterocycles. The molecule has 1 aromatic heterocycles. The van der Waals surface area contributed by atoms with E-state index in [-0.39, 0.29) is 17.5 Å². The molecule has 4 nitrogen and oxygen atoms in total. The van der Waals surface area contributed by atoms with E-state index in [1.54, 1.807) is 0 Å². The van der Waals surface area contributed by atoms with Crippen molar-refractivity contribution in [3.63, 3.8) is 0 Å². The summed E-state index contributed by atoms with van der Waals surface area (Å²) in [7, 11) is 0. The molecule has 2 N–H and O–H groups in total. The Morgan fingerprint density at radius 2 is 1.90 bits per heavy atom. The summed E-state index contributed by atoms with van der Waals surface area (Å²) in [6.45, 7) is 4.06. The molecule has 0 saturated carbocycles. The molecule has 104 valence electrons. The number of nitrogens with one attached hydrogen (secondary N) is 2. The monoisotopic (exact) mass is 270 g/mol. The van der Waals surface area contributed by atoms with Gasteiger partial charge in [0.05, 0.1) is 11.6 Å². The second-order valence-corrected chi connectivity index (χ2v) is 4.79. The summed E-state index contributed by atoms with van der Waals surface area (Å²) in [6.07, 6.45) is 2.23. The lowest BCUT2D eigenvalue weighted by molar-refractivity contribution is 0.0935. The Hall–Kier alpha value is -2.36. The van der Waals surface area contributed by atoms with Crippen molar-refractivity contribution in [2.45, 2.75) is 26.3 Å². The molecule has 1 atom stereocenters. The fraction of sp³-hybridized carbons (Fsp3) is 0.250. The minimum Gasteiger partial charge on any atom is -0.345 e. The van der Waals surface area contributed by atoms with Gasteiger partial charge in [0, 0.05) is 12.3 Å². The number of rotatable bonds is 4. The van der Waals surface area contributed by atoms with Gasteiger partial charge in [-0.3, -0.25) is 9.59 Å². The third-order valence-electron chi connectivity index (χ3n) is 3.24. The van der Waals surface area contributed by atoms with E-state index in [0.29, 0.717) is 5.56 Å². The largest absolute Gasteiger partial charge is 0.345 e. The van der Waals surface area contributed by atoms with Gasteiger partial charge in [0.2, 0.25) is 5.56 Å². The summed E-state index contributed by atoms with van der Waals surface area (Å²) in [6, 6.07) is 11.0. The summed E-state index contributed by atoms with van der Waals surface area (Å²) in [5.74, 6) is -0.186. The zero-order valence-corrected chi connectivity index (χ0v) is 11.6. The van der Waals surface area contributed by atoms with E-state index in [1.807, 2.05) is 38.1 Å². The van der Waals surface area contributed by atoms with Gasteiger partial charge in [-0.15, -0.1) is 0 Å². The number of carbonyl (C=O) groups is 1. The third-order valence-corrected chi connectivity index (χ3v) is 3.24. The number of H-pyrrole nitrogens is 1. The fourth-order valence-electron chi connectivity index (χ4n) is 2.01. The first-order valence-corrected chi connectivity index (χ1v) is 6.66. The zero-order chi connectivity index (χ0) is 14.5. The second kappa shape index (κ2) is 6.19. The van der Waals surface area contributed by atoms with E-state index in [4.69, 9.17) is 0 Å². The summed E-state index contributed by atoms with van der Waals surface area (Å²) >= 11 is 0. The van der Waals surface area contributed by atoms with Crippen molar-refractivity contribution in [2.24, 2.45) is 0 Å². The summed E-state index contributed by atoms with van der Waals surface area (Å²) in [4.78, 5) is 25.6. The number of aromatic amines is 1. The Morgan fingerprint density at radius 1 is 1.20 bits per heavy atom. The minimum absolute atomic E-state index is 0.0324. The molecule has 0 aliphatic heterocycles. The van der Waals surface area contributed by atoms with Crippen LogP contribution in [0, 0.1) is 6.92 Å². The number of aromatic nitrogens is 1. The number of carbonyl (C=O) groups excluding carboxylic acids is 1. The van der Waals surface area contributed by atoms with Crippen LogP contribution in [0.15, 0.2) is 47.4 Å². The van der Waals surface area contributed by atoms with E-state index in [1.165, 1.54) is 23.9 Å². The fourth-order valence-corrected chi connectivity index (χ4v) is 2.01. The van der Waals surface area contributed by atoms with Crippen molar-refractivity contribution in [3.05, 3.63) is 69.6 Å². The van der Waals surface area contributed by atoms with Crippen molar-refractivity contribution in [1.82, 2.24) is 10.3 Å². The lowest BCUT2D eigenvalue weighted by atomic mass is 10.0. The molecule has 0 spiro atoms. The maximum Gasteiger partial charge on any atom is 0.253 e. The summed E-state index contributed by atoms with van der Waals surface area (Å²) in [5, 5.41) is 2.98. The topological polar surface area (TPSA) is 62.0 Å². The number of hydrogen-bond donors (Lipinski definition) is 2. The number of hydrogen-bond acceptors (Lipinski definition) is 2. The molecule has 4 heteroatoms. The standard InChI is InChI=1S/C16H18N2O2/c1-3-14(12-6-4-11(2)5-7-12)18-16(20)13-8-9-15(19)17-10-13/h4-10,14H,3H2,1-2H3,(H,17,19)(H,18,20)/t14-/m1/s1. The SMILES string of the molecule is CC[C@@H](NC(=O)c1ccc(=O)[nH]c1)c1ccc(C)cc1. The van der Waals surface area contributed by atoms with Gasteiger partial charge in [0.25, 0.3) is 5.91 Å². The van der Waals surface area contributed by atoms with E-state index in [2.05, 4.69) is 10.3 Å². The van der Waals surface area contributed by atoms with Crippen molar-refractivity contribution in [1.29, 1.82) is 0 Å². The molecular formula is C16H18N2O2. The van der Waals surface area contributed by atoms with Crippen LogP contribution in [0.1, 0.15) is 40.9 Å². The highest BCUT2D eigenvalue weighted by molar-refractivity contribution is 5.94. The van der Waals surface area contributed by atoms with Gasteiger partial charge in [-0.1, -0.05) is 36.8 Å². The lowest BCUT2D eigenvalue weighted by Gasteiger charge is -2.17. The van der Waals surface area contributed by atoms with Crippen LogP contribution in [0.2, 0.25) is 0 Å². The Labute approximate surface area is 117 Å². The Balaban J connectivity index is 2.13. The van der Waals surface area contributed by atoms with E-state index < -0.39 is 0 Å². The number of amides is 1. The predicted octanol–water partition coefficient (Wildman–Crippen LogP) is 2.56. The minimum atomic E-state index is -0.216. The highest BCUT2D eigenvalue weighted by Crippen LogP contribution is 2.17. The molecule has 0 bridgehead atoms. The molecule has 0 fully saturated rings. The van der Waals surface area contributed by atoms with Crippen molar-refractivity contribution in [3.8, 4) is 0 Å². The van der Waals surface area contributed by atoms with Crippen molar-refractivity contribution >= 4 is 5.91 Å². The highest BCUT2D eigenvalue weighted by atomic mass is 16.2. The quantitative estimate of drug-likeness (QED) is 0.897. The Kier molecular flexibility index (Phi) is 4.35. The number of aryl methyl sites for hydroxylation is 1. The predicted molar refractivity (Wildman–Crippen MR) is 78.7 cm³/mol. The highest BCUT2D eigenvalue weighted by Gasteiger charge is 2.13. The normalized spacial score (nSPS) is 11.9. The molecule has 1 amide bonds. The van der Waals surface area contributed by atoms with Crippen LogP contribution in [0.5, 0.6) is 0 Å². The van der Waals surface area contributed by atoms with E-state index >= 15 is 0 Å². The van der Waals surface area contributed by atoms with Crippen molar-refractivity contribution < 1.29 is 4.79 Å². The first-order valence-electron chi connectivity index (χ1n) is 6.66. The molecule has 0 aliphatic rings. The van der Waals surface area contributed by atoms with Gasteiger partial charge in [-0.2, -0.15) is 0 Å². The molecule has 1 heterocycles. The lowest BCUT2D eigenvalue weighted by Crippen LogP contribution is -2.28. The maximum absolute atomic E-state index is 12.1. The van der Waals surface area contributed by atoms with Gasteiger partial charge >= 0.3 is 0 Å². The van der Waals surface area contributed by atoms with Crippen molar-refractivity contribution in [2.75, 3.05) is 0 Å². The first-order chi connectivity index (χ1) is 9.60. The molecular weight excluding hydrogens is 252 g/mol. The summed E-state index contributed by atoms with van der Waals surface area (Å²) < 4.78 is 0. The van der Waals surface area contributed by atoms with Gasteiger partial charge < -0.3 is 10.3 Å². The number of benzene rings is 1. The van der Waals surface area contributed by atoms with Crippen LogP contribution in [0.25, 0.3) is 0 Å². The van der Waals surface area contributed by atoms with Crippen LogP contribution in [0.3, 0.4) is 0 Å². The molecule has 1 aromatic carbocycles. The smallest absolute Gasteiger partial charge is 0.253 e. The molecule has 0 unspecified atom stereocenters. The molecule has 2 aromatic rings. The summed E-state index contributed by atoms with van der Waals surface area (Å²) in [5.41, 5.74) is 2.51. The molecule has 0 aliphatic carbocycles. The molecule has 2 rings (SSSR count). The van der Waals surface area contributed by atoms with Gasteiger partial charge in [-0.05, 0) is 25.0 Å². The average Bonchev–Trinajstić information content (AvgIpc) is 2.46. The maximum atomic E-state index is 12.1. The van der Waals surface area contributed by atoms with Crippen LogP contribution in [-0.2, 0) is 0 Å². The van der Waals surface area contributed by atoms with Crippen LogP contribution < -0.4 is 10.9 Å². The zero-order valence-electron chi connectivity index (χ0n) is 11.6. The third kappa shape index (κ3) is 3.35. The van der Waals surface area contributed by atoms with Crippen LogP contribution in [0.4, 0.5) is 0 Å². The van der Waals surface area contributed by atoms with Gasteiger partial charge in [-0.25, -0.2) is 0 Å². The molecule has 0 radical (unpaired) electrons. The Morgan fingerprint density at radius 3 is 2.45 bits per heavy atom. The van der Waals surface area contributed by atoms with E-state index in [9.17, 15) is 9.59 Å². The Bertz CT molecular complexity index is 624. The van der Waals surface area contributed by atoms with E-state index in [0.717, 1.165) is 12.0 Å². The molecule has 20 heavy (non-hydrogen) atoms. The first kappa shape index (κ1) is 14.1. The van der Waals surface area contributed by atoms with Crippen LogP contribution >= 0.6 is 0 Å². The number of pyridine rings is 1. The van der Waals surface area contributed by atoms with Gasteiger partial charge in [0.15, 0.2) is 0 Å². The second-order valence-electron chi connectivity index (χ2n) is 4.79. The van der Waals surface area contributed by atoms with Crippen LogP contribution in [-0.4, -0.2) is 10.9 Å².